The second kappa shape index (κ2) is 10.4. The van der Waals surface area contributed by atoms with E-state index in [1.54, 1.807) is 28.0 Å². The molecular weight excluding hydrogens is 533 g/mol. The van der Waals surface area contributed by atoms with Crippen molar-refractivity contribution in [2.75, 3.05) is 30.9 Å². The van der Waals surface area contributed by atoms with Gasteiger partial charge in [-0.15, -0.1) is 0 Å². The maximum absolute atomic E-state index is 13.0. The number of carbonyl (C=O) groups excluding carboxylic acids is 2. The molecule has 0 atom stereocenters. The highest BCUT2D eigenvalue weighted by atomic mass is 35.5. The summed E-state index contributed by atoms with van der Waals surface area (Å²) in [6, 6.07) is 12.5. The van der Waals surface area contributed by atoms with E-state index in [4.69, 9.17) is 11.6 Å². The second-order valence-corrected chi connectivity index (χ2v) is 10.2. The third-order valence-electron chi connectivity index (χ3n) is 5.67. The molecule has 1 aliphatic rings. The van der Waals surface area contributed by atoms with Crippen molar-refractivity contribution >= 4 is 39.1 Å². The topological polar surface area (TPSA) is 99.7 Å². The fourth-order valence-electron chi connectivity index (χ4n) is 3.72. The first-order valence-corrected chi connectivity index (χ1v) is 12.8. The van der Waals surface area contributed by atoms with E-state index in [0.717, 1.165) is 6.07 Å². The zero-order valence-corrected chi connectivity index (χ0v) is 20.6. The first-order chi connectivity index (χ1) is 17.5. The highest BCUT2D eigenvalue weighted by molar-refractivity contribution is 7.92. The molecular formula is C24H20ClF3N4O4S. The molecule has 1 aliphatic heterocycles. The minimum absolute atomic E-state index is 0.0378. The average Bonchev–Trinajstić information content (AvgIpc) is 2.88. The van der Waals surface area contributed by atoms with Gasteiger partial charge in [0.2, 0.25) is 0 Å². The largest absolute Gasteiger partial charge is 0.416 e. The number of hydrogen-bond donors (Lipinski definition) is 1. The lowest BCUT2D eigenvalue weighted by Gasteiger charge is -2.34. The number of benzene rings is 2. The Labute approximate surface area is 215 Å². The van der Waals surface area contributed by atoms with Gasteiger partial charge in [-0.3, -0.25) is 19.3 Å². The lowest BCUT2D eigenvalue weighted by molar-refractivity contribution is -0.137. The van der Waals surface area contributed by atoms with Crippen LogP contribution in [-0.4, -0.2) is 61.2 Å². The lowest BCUT2D eigenvalue weighted by atomic mass is 10.1. The Morgan fingerprint density at radius 3 is 2.08 bits per heavy atom. The van der Waals surface area contributed by atoms with E-state index in [0.29, 0.717) is 44.0 Å². The van der Waals surface area contributed by atoms with Gasteiger partial charge in [0.1, 0.15) is 10.6 Å². The van der Waals surface area contributed by atoms with Crippen LogP contribution in [0.5, 0.6) is 0 Å². The van der Waals surface area contributed by atoms with Crippen LogP contribution in [0, 0.1) is 0 Å². The molecule has 0 unspecified atom stereocenters. The number of alkyl halides is 3. The molecule has 37 heavy (non-hydrogen) atoms. The fourth-order valence-corrected chi connectivity index (χ4v) is 5.31. The first kappa shape index (κ1) is 26.4. The molecule has 0 bridgehead atoms. The summed E-state index contributed by atoms with van der Waals surface area (Å²) in [5.74, 6) is -0.523. The van der Waals surface area contributed by atoms with E-state index in [9.17, 15) is 31.2 Å². The molecule has 0 aliphatic carbocycles. The highest BCUT2D eigenvalue weighted by Gasteiger charge is 2.33. The van der Waals surface area contributed by atoms with E-state index in [-0.39, 0.29) is 28.1 Å². The number of halogens is 4. The Bertz CT molecular complexity index is 1410. The third-order valence-corrected chi connectivity index (χ3v) is 7.53. The normalized spacial score (nSPS) is 14.4. The maximum atomic E-state index is 13.0. The van der Waals surface area contributed by atoms with Crippen molar-refractivity contribution < 1.29 is 31.2 Å². The van der Waals surface area contributed by atoms with E-state index in [1.807, 2.05) is 0 Å². The molecule has 0 saturated carbocycles. The minimum Gasteiger partial charge on any atom is -0.335 e. The monoisotopic (exact) mass is 552 g/mol. The van der Waals surface area contributed by atoms with Gasteiger partial charge in [0, 0.05) is 43.6 Å². The summed E-state index contributed by atoms with van der Waals surface area (Å²) >= 11 is 5.85. The van der Waals surface area contributed by atoms with Crippen LogP contribution in [0.4, 0.5) is 18.9 Å². The number of pyridine rings is 1. The SMILES string of the molecule is O=C(c1ccc(NS(=O)(=O)c2cc(C(F)(F)F)ccc2Cl)cc1)N1CCN(C(=O)c2ccccn2)CC1. The molecule has 1 N–H and O–H groups in total. The number of anilines is 1. The molecule has 1 fully saturated rings. The molecule has 13 heteroatoms. The van der Waals surface area contributed by atoms with Crippen LogP contribution in [0.2, 0.25) is 5.02 Å². The van der Waals surface area contributed by atoms with Gasteiger partial charge in [0.15, 0.2) is 0 Å². The Kier molecular flexibility index (Phi) is 7.42. The molecule has 2 aromatic carbocycles. The first-order valence-electron chi connectivity index (χ1n) is 10.9. The van der Waals surface area contributed by atoms with Gasteiger partial charge >= 0.3 is 6.18 Å². The van der Waals surface area contributed by atoms with Crippen LogP contribution in [0.1, 0.15) is 26.4 Å². The molecule has 1 saturated heterocycles. The predicted octanol–water partition coefficient (Wildman–Crippen LogP) is 4.15. The maximum Gasteiger partial charge on any atom is 0.416 e. The summed E-state index contributed by atoms with van der Waals surface area (Å²) in [5, 5.41) is -0.368. The van der Waals surface area contributed by atoms with Crippen molar-refractivity contribution in [2.45, 2.75) is 11.1 Å². The van der Waals surface area contributed by atoms with Gasteiger partial charge in [-0.1, -0.05) is 17.7 Å². The summed E-state index contributed by atoms with van der Waals surface area (Å²) in [5.41, 5.74) is -0.507. The van der Waals surface area contributed by atoms with Crippen molar-refractivity contribution in [3.05, 3.63) is 88.7 Å². The van der Waals surface area contributed by atoms with E-state index in [2.05, 4.69) is 9.71 Å². The highest BCUT2D eigenvalue weighted by Crippen LogP contribution is 2.34. The molecule has 194 valence electrons. The van der Waals surface area contributed by atoms with E-state index >= 15 is 0 Å². The number of piperazine rings is 1. The summed E-state index contributed by atoms with van der Waals surface area (Å²) in [4.78, 5) is 31.9. The number of nitrogens with one attached hydrogen (secondary N) is 1. The van der Waals surface area contributed by atoms with Crippen molar-refractivity contribution in [1.82, 2.24) is 14.8 Å². The molecule has 4 rings (SSSR count). The number of amides is 2. The van der Waals surface area contributed by atoms with Crippen molar-refractivity contribution in [2.24, 2.45) is 0 Å². The zero-order valence-electron chi connectivity index (χ0n) is 19.1. The van der Waals surface area contributed by atoms with Crippen LogP contribution in [-0.2, 0) is 16.2 Å². The quantitative estimate of drug-likeness (QED) is 0.512. The molecule has 2 heterocycles. The van der Waals surface area contributed by atoms with Gasteiger partial charge in [0.05, 0.1) is 10.6 Å². The molecule has 0 spiro atoms. The van der Waals surface area contributed by atoms with Gasteiger partial charge in [-0.2, -0.15) is 13.2 Å². The lowest BCUT2D eigenvalue weighted by Crippen LogP contribution is -2.50. The predicted molar refractivity (Wildman–Crippen MR) is 130 cm³/mol. The Balaban J connectivity index is 1.40. The van der Waals surface area contributed by atoms with Crippen LogP contribution < -0.4 is 4.72 Å². The van der Waals surface area contributed by atoms with Crippen LogP contribution >= 0.6 is 11.6 Å². The summed E-state index contributed by atoms with van der Waals surface area (Å²) in [7, 11) is -4.44. The molecule has 8 nitrogen and oxygen atoms in total. The van der Waals surface area contributed by atoms with Gasteiger partial charge in [-0.05, 0) is 54.6 Å². The van der Waals surface area contributed by atoms with Crippen LogP contribution in [0.15, 0.2) is 71.8 Å². The Morgan fingerprint density at radius 2 is 1.51 bits per heavy atom. The van der Waals surface area contributed by atoms with Crippen LogP contribution in [0.25, 0.3) is 0 Å². The van der Waals surface area contributed by atoms with Gasteiger partial charge in [-0.25, -0.2) is 8.42 Å². The Hall–Kier alpha value is -3.64. The number of sulfonamides is 1. The van der Waals surface area contributed by atoms with Gasteiger partial charge in [0.25, 0.3) is 21.8 Å². The smallest absolute Gasteiger partial charge is 0.335 e. The standard InChI is InChI=1S/C24H20ClF3N4O4S/c25-19-9-6-17(24(26,27)28)15-21(19)37(35,36)30-18-7-4-16(5-8-18)22(33)31-11-13-32(14-12-31)23(34)20-3-1-2-10-29-20/h1-10,15,30H,11-14H2. The summed E-state index contributed by atoms with van der Waals surface area (Å²) in [6.07, 6.45) is -3.21. The summed E-state index contributed by atoms with van der Waals surface area (Å²) < 4.78 is 66.6. The number of aromatic nitrogens is 1. The van der Waals surface area contributed by atoms with Crippen molar-refractivity contribution in [1.29, 1.82) is 0 Å². The van der Waals surface area contributed by atoms with Crippen LogP contribution in [0.3, 0.4) is 0 Å². The Morgan fingerprint density at radius 1 is 0.892 bits per heavy atom. The number of nitrogens with zero attached hydrogens (tertiary/aromatic N) is 3. The van der Waals surface area contributed by atoms with Crippen molar-refractivity contribution in [3.8, 4) is 0 Å². The fraction of sp³-hybridized carbons (Fsp3) is 0.208. The molecule has 2 amide bonds. The summed E-state index contributed by atoms with van der Waals surface area (Å²) in [6.45, 7) is 1.27. The molecule has 3 aromatic rings. The number of carbonyl (C=O) groups is 2. The third kappa shape index (κ3) is 6.03. The van der Waals surface area contributed by atoms with Gasteiger partial charge < -0.3 is 9.80 Å². The second-order valence-electron chi connectivity index (χ2n) is 8.13. The molecule has 0 radical (unpaired) electrons. The zero-order chi connectivity index (χ0) is 26.8. The average molecular weight is 553 g/mol. The molecule has 1 aromatic heterocycles. The minimum atomic E-state index is -4.74. The van der Waals surface area contributed by atoms with E-state index < -0.39 is 26.7 Å². The van der Waals surface area contributed by atoms with E-state index in [1.165, 1.54) is 30.5 Å². The number of hydrogen-bond acceptors (Lipinski definition) is 5. The van der Waals surface area contributed by atoms with Crippen molar-refractivity contribution in [3.63, 3.8) is 0 Å². The number of rotatable bonds is 5.